The Hall–Kier alpha value is -3.08. The first-order valence-corrected chi connectivity index (χ1v) is 17.7. The number of allylic oxidation sites excluding steroid dienone is 1. The maximum atomic E-state index is 14.3. The summed E-state index contributed by atoms with van der Waals surface area (Å²) in [6.45, 7) is 11.6. The number of aryl methyl sites for hydroxylation is 1. The van der Waals surface area contributed by atoms with Gasteiger partial charge in [0, 0.05) is 12.3 Å². The van der Waals surface area contributed by atoms with Crippen LogP contribution in [0.5, 0.6) is 0 Å². The minimum Gasteiger partial charge on any atom is -0.460 e. The number of carbonyl (C=O) groups excluding carboxylic acids is 3. The number of nitrogens with zero attached hydrogens (tertiary/aromatic N) is 1. The van der Waals surface area contributed by atoms with Crippen LogP contribution in [0.15, 0.2) is 71.6 Å². The van der Waals surface area contributed by atoms with Crippen LogP contribution in [0.3, 0.4) is 0 Å². The zero-order chi connectivity index (χ0) is 29.5. The van der Waals surface area contributed by atoms with E-state index in [9.17, 15) is 22.8 Å². The van der Waals surface area contributed by atoms with Gasteiger partial charge < -0.3 is 9.16 Å². The molecule has 1 amide bonds. The lowest BCUT2D eigenvalue weighted by molar-refractivity contribution is -0.173. The Kier molecular flexibility index (Phi) is 8.01. The molecule has 0 aromatic heterocycles. The molecule has 1 aliphatic carbocycles. The fourth-order valence-electron chi connectivity index (χ4n) is 4.90. The van der Waals surface area contributed by atoms with Crippen molar-refractivity contribution in [2.24, 2.45) is 11.3 Å². The van der Waals surface area contributed by atoms with Gasteiger partial charge in [-0.05, 0) is 48.8 Å². The highest BCUT2D eigenvalue weighted by Gasteiger charge is 2.64. The predicted molar refractivity (Wildman–Crippen MR) is 153 cm³/mol. The smallest absolute Gasteiger partial charge is 0.326 e. The van der Waals surface area contributed by atoms with Crippen LogP contribution in [0.25, 0.3) is 0 Å². The van der Waals surface area contributed by atoms with Crippen LogP contribution in [-0.4, -0.2) is 51.3 Å². The Labute approximate surface area is 237 Å². The number of hydrogen-bond donors (Lipinski definition) is 0. The molecule has 1 saturated heterocycles. The Morgan fingerprint density at radius 1 is 1.05 bits per heavy atom. The van der Waals surface area contributed by atoms with E-state index in [1.54, 1.807) is 36.4 Å². The SMILES string of the molecule is Cc1ccc(S(=O)(=O)N2C[C@@H](O[Si](C)(C)C(C)(C)C)[C@@H]3CC(=O)C=C[C@]3(C(=O)OCc3ccccc3)C2=O)cc1. The summed E-state index contributed by atoms with van der Waals surface area (Å²) in [4.78, 5) is 40.8. The molecular formula is C30H37NO7SSi. The molecule has 2 aliphatic rings. The van der Waals surface area contributed by atoms with E-state index < -0.39 is 47.7 Å². The Morgan fingerprint density at radius 3 is 2.27 bits per heavy atom. The summed E-state index contributed by atoms with van der Waals surface area (Å²) in [5, 5.41) is -0.250. The van der Waals surface area contributed by atoms with Gasteiger partial charge in [0.05, 0.1) is 17.5 Å². The van der Waals surface area contributed by atoms with Crippen molar-refractivity contribution in [3.05, 3.63) is 77.9 Å². The van der Waals surface area contributed by atoms with Gasteiger partial charge in [0.25, 0.3) is 15.9 Å². The second kappa shape index (κ2) is 10.7. The molecule has 1 heterocycles. The number of sulfonamides is 1. The average Bonchev–Trinajstić information content (AvgIpc) is 2.89. The highest BCUT2D eigenvalue weighted by Crippen LogP contribution is 2.49. The molecule has 0 saturated carbocycles. The molecule has 2 aromatic carbocycles. The zero-order valence-corrected chi connectivity index (χ0v) is 25.7. The summed E-state index contributed by atoms with van der Waals surface area (Å²) in [5.74, 6) is -3.01. The molecule has 0 bridgehead atoms. The number of benzene rings is 2. The number of ketones is 1. The summed E-state index contributed by atoms with van der Waals surface area (Å²) in [7, 11) is -6.91. The van der Waals surface area contributed by atoms with Crippen LogP contribution < -0.4 is 0 Å². The third kappa shape index (κ3) is 5.44. The molecule has 40 heavy (non-hydrogen) atoms. The number of piperidine rings is 1. The minimum atomic E-state index is -4.36. The summed E-state index contributed by atoms with van der Waals surface area (Å²) < 4.78 is 41.0. The molecular weight excluding hydrogens is 546 g/mol. The summed E-state index contributed by atoms with van der Waals surface area (Å²) in [6, 6.07) is 15.2. The van der Waals surface area contributed by atoms with Crippen molar-refractivity contribution in [1.29, 1.82) is 0 Å². The first kappa shape index (κ1) is 29.9. The van der Waals surface area contributed by atoms with Crippen LogP contribution in [0.2, 0.25) is 18.1 Å². The van der Waals surface area contributed by atoms with Crippen LogP contribution in [0.1, 0.15) is 38.3 Å². The lowest BCUT2D eigenvalue weighted by Gasteiger charge is -2.51. The summed E-state index contributed by atoms with van der Waals surface area (Å²) >= 11 is 0. The van der Waals surface area contributed by atoms with Gasteiger partial charge >= 0.3 is 5.97 Å². The van der Waals surface area contributed by atoms with Crippen molar-refractivity contribution in [3.8, 4) is 0 Å². The van der Waals surface area contributed by atoms with Gasteiger partial charge in [-0.3, -0.25) is 14.4 Å². The van der Waals surface area contributed by atoms with E-state index in [4.69, 9.17) is 9.16 Å². The van der Waals surface area contributed by atoms with Gasteiger partial charge in [-0.15, -0.1) is 0 Å². The Morgan fingerprint density at radius 2 is 1.68 bits per heavy atom. The van der Waals surface area contributed by atoms with E-state index in [0.29, 0.717) is 5.56 Å². The molecule has 10 heteroatoms. The quantitative estimate of drug-likeness (QED) is 0.262. The highest BCUT2D eigenvalue weighted by atomic mass is 32.2. The van der Waals surface area contributed by atoms with Crippen molar-refractivity contribution in [1.82, 2.24) is 4.31 Å². The maximum absolute atomic E-state index is 14.3. The van der Waals surface area contributed by atoms with Crippen LogP contribution in [-0.2, 0) is 40.2 Å². The topological polar surface area (TPSA) is 107 Å². The van der Waals surface area contributed by atoms with Gasteiger partial charge in [-0.1, -0.05) is 74.9 Å². The normalized spacial score (nSPS) is 23.6. The molecule has 0 N–H and O–H groups in total. The molecule has 0 unspecified atom stereocenters. The van der Waals surface area contributed by atoms with Crippen LogP contribution in [0, 0.1) is 18.3 Å². The van der Waals surface area contributed by atoms with Crippen molar-refractivity contribution in [2.45, 2.75) is 69.9 Å². The third-order valence-corrected chi connectivity index (χ3v) is 14.6. The number of ether oxygens (including phenoxy) is 1. The third-order valence-electron chi connectivity index (χ3n) is 8.32. The van der Waals surface area contributed by atoms with E-state index in [2.05, 4.69) is 0 Å². The van der Waals surface area contributed by atoms with E-state index in [1.165, 1.54) is 24.3 Å². The van der Waals surface area contributed by atoms with Gasteiger partial charge in [0.15, 0.2) is 19.5 Å². The van der Waals surface area contributed by atoms with Gasteiger partial charge in [-0.2, -0.15) is 0 Å². The van der Waals surface area contributed by atoms with Crippen LogP contribution in [0.4, 0.5) is 0 Å². The predicted octanol–water partition coefficient (Wildman–Crippen LogP) is 4.79. The van der Waals surface area contributed by atoms with Gasteiger partial charge in [-0.25, -0.2) is 12.7 Å². The molecule has 0 spiro atoms. The van der Waals surface area contributed by atoms with E-state index in [-0.39, 0.29) is 35.3 Å². The standard InChI is InChI=1S/C30H37NO7SSi/c1-21-12-14-24(15-13-21)39(35,36)31-19-26(38-40(5,6)29(2,3)4)25-18-23(32)16-17-30(25,27(31)33)28(34)37-20-22-10-8-7-9-11-22/h7-17,25-26H,18-20H2,1-6H3/t25-,26+,30+/m0/s1. The lowest BCUT2D eigenvalue weighted by Crippen LogP contribution is -2.66. The summed E-state index contributed by atoms with van der Waals surface area (Å²) in [6.07, 6.45) is 1.39. The Bertz CT molecular complexity index is 1430. The molecule has 1 fully saturated rings. The largest absolute Gasteiger partial charge is 0.460 e. The Balaban J connectivity index is 1.84. The first-order valence-electron chi connectivity index (χ1n) is 13.3. The van der Waals surface area contributed by atoms with E-state index in [0.717, 1.165) is 9.87 Å². The molecule has 1 aliphatic heterocycles. The molecule has 3 atom stereocenters. The maximum Gasteiger partial charge on any atom is 0.326 e. The van der Waals surface area contributed by atoms with Crippen molar-refractivity contribution < 1.29 is 32.0 Å². The minimum absolute atomic E-state index is 0.0698. The number of hydrogen-bond acceptors (Lipinski definition) is 7. The van der Waals surface area contributed by atoms with Crippen molar-refractivity contribution in [3.63, 3.8) is 0 Å². The van der Waals surface area contributed by atoms with Crippen molar-refractivity contribution >= 4 is 36.0 Å². The number of carbonyl (C=O) groups is 3. The second-order valence-electron chi connectivity index (χ2n) is 12.1. The van der Waals surface area contributed by atoms with Gasteiger partial charge in [0.1, 0.15) is 6.61 Å². The fourth-order valence-corrected chi connectivity index (χ4v) is 7.69. The van der Waals surface area contributed by atoms with E-state index >= 15 is 0 Å². The molecule has 8 nitrogen and oxygen atoms in total. The number of amides is 1. The first-order chi connectivity index (χ1) is 18.6. The zero-order valence-electron chi connectivity index (χ0n) is 23.8. The fraction of sp³-hybridized carbons (Fsp3) is 0.433. The summed E-state index contributed by atoms with van der Waals surface area (Å²) in [5.41, 5.74) is -0.468. The van der Waals surface area contributed by atoms with Crippen molar-refractivity contribution in [2.75, 3.05) is 6.54 Å². The van der Waals surface area contributed by atoms with Gasteiger partial charge in [0.2, 0.25) is 0 Å². The highest BCUT2D eigenvalue weighted by molar-refractivity contribution is 7.89. The molecule has 0 radical (unpaired) electrons. The van der Waals surface area contributed by atoms with Crippen LogP contribution >= 0.6 is 0 Å². The molecule has 2 aromatic rings. The molecule has 4 rings (SSSR count). The average molecular weight is 584 g/mol. The number of fused-ring (bicyclic) bond motifs is 1. The lowest BCUT2D eigenvalue weighted by atomic mass is 9.64. The molecule has 214 valence electrons. The second-order valence-corrected chi connectivity index (χ2v) is 18.7. The van der Waals surface area contributed by atoms with E-state index in [1.807, 2.05) is 46.9 Å². The number of rotatable bonds is 7. The monoisotopic (exact) mass is 583 g/mol. The number of esters is 1.